The summed E-state index contributed by atoms with van der Waals surface area (Å²) in [6.07, 6.45) is -6.66. The first-order valence-corrected chi connectivity index (χ1v) is 9.59. The Balaban J connectivity index is 1.73. The molecule has 1 heterocycles. The molecule has 164 valence electrons. The van der Waals surface area contributed by atoms with Crippen LogP contribution in [-0.2, 0) is 19.0 Å². The SMILES string of the molecule is CC(=O)NC1C(OC(=O)c2ccccc2)[C@@H](F)C(COC(=O)c2ccccc2)O[C@H]1O. The van der Waals surface area contributed by atoms with Gasteiger partial charge in [-0.15, -0.1) is 0 Å². The molecule has 1 aliphatic rings. The molecule has 2 aromatic rings. The van der Waals surface area contributed by atoms with Crippen LogP contribution in [0.15, 0.2) is 60.7 Å². The highest BCUT2D eigenvalue weighted by Gasteiger charge is 2.49. The predicted molar refractivity (Wildman–Crippen MR) is 106 cm³/mol. The Kier molecular flexibility index (Phi) is 7.32. The maximum atomic E-state index is 15.3. The molecule has 5 atom stereocenters. The van der Waals surface area contributed by atoms with Crippen LogP contribution in [0.3, 0.4) is 0 Å². The number of carbonyl (C=O) groups excluding carboxylic acids is 3. The van der Waals surface area contributed by atoms with Crippen LogP contribution >= 0.6 is 0 Å². The predicted octanol–water partition coefficient (Wildman–Crippen LogP) is 1.63. The molecule has 8 nitrogen and oxygen atoms in total. The maximum absolute atomic E-state index is 15.3. The van der Waals surface area contributed by atoms with Crippen molar-refractivity contribution in [2.45, 2.75) is 37.6 Å². The monoisotopic (exact) mass is 431 g/mol. The van der Waals surface area contributed by atoms with Crippen LogP contribution < -0.4 is 5.32 Å². The number of amides is 1. The van der Waals surface area contributed by atoms with Crippen LogP contribution in [-0.4, -0.2) is 60.3 Å². The molecule has 0 aromatic heterocycles. The minimum absolute atomic E-state index is 0.171. The molecule has 1 amide bonds. The summed E-state index contributed by atoms with van der Waals surface area (Å²) in [5.74, 6) is -2.11. The Labute approximate surface area is 177 Å². The van der Waals surface area contributed by atoms with Gasteiger partial charge in [0.05, 0.1) is 11.1 Å². The second-order valence-electron chi connectivity index (χ2n) is 6.94. The standard InChI is InChI=1S/C22H22FNO7/c1-13(25)24-18-19(31-21(27)15-10-6-3-7-11-15)17(23)16(30-22(18)28)12-29-20(26)14-8-4-2-5-9-14/h2-11,16-19,22,28H,12H2,1H3,(H,24,25)/t16?,17-,18?,19?,22+/m0/s1. The first-order valence-electron chi connectivity index (χ1n) is 9.59. The molecule has 0 bridgehead atoms. The van der Waals surface area contributed by atoms with Crippen LogP contribution in [0.4, 0.5) is 4.39 Å². The van der Waals surface area contributed by atoms with E-state index < -0.39 is 55.2 Å². The van der Waals surface area contributed by atoms with Crippen molar-refractivity contribution >= 4 is 17.8 Å². The molecule has 3 rings (SSSR count). The number of nitrogens with one attached hydrogen (secondary N) is 1. The Bertz CT molecular complexity index is 909. The van der Waals surface area contributed by atoms with Crippen molar-refractivity contribution < 1.29 is 38.1 Å². The van der Waals surface area contributed by atoms with Gasteiger partial charge in [-0.2, -0.15) is 0 Å². The summed E-state index contributed by atoms with van der Waals surface area (Å²) in [4.78, 5) is 36.1. The smallest absolute Gasteiger partial charge is 0.338 e. The number of aliphatic hydroxyl groups is 1. The van der Waals surface area contributed by atoms with E-state index in [0.29, 0.717) is 0 Å². The van der Waals surface area contributed by atoms with Gasteiger partial charge >= 0.3 is 11.9 Å². The molecule has 31 heavy (non-hydrogen) atoms. The normalized spacial score (nSPS) is 25.3. The van der Waals surface area contributed by atoms with Gasteiger partial charge in [0.2, 0.25) is 5.91 Å². The summed E-state index contributed by atoms with van der Waals surface area (Å²) in [6.45, 7) is 0.641. The summed E-state index contributed by atoms with van der Waals surface area (Å²) in [6, 6.07) is 14.6. The Hall–Kier alpha value is -3.30. The highest BCUT2D eigenvalue weighted by Crippen LogP contribution is 2.26. The van der Waals surface area contributed by atoms with Gasteiger partial charge in [0, 0.05) is 6.92 Å². The molecule has 1 fully saturated rings. The van der Waals surface area contributed by atoms with E-state index in [-0.39, 0.29) is 11.1 Å². The van der Waals surface area contributed by atoms with E-state index in [1.807, 2.05) is 0 Å². The van der Waals surface area contributed by atoms with Gasteiger partial charge in [0.1, 0.15) is 18.8 Å². The second-order valence-corrected chi connectivity index (χ2v) is 6.94. The quantitative estimate of drug-likeness (QED) is 0.669. The lowest BCUT2D eigenvalue weighted by Crippen LogP contribution is -2.64. The first-order chi connectivity index (χ1) is 14.9. The van der Waals surface area contributed by atoms with Crippen LogP contribution in [0.25, 0.3) is 0 Å². The molecule has 2 aromatic carbocycles. The van der Waals surface area contributed by atoms with Crippen LogP contribution in [0.2, 0.25) is 0 Å². The van der Waals surface area contributed by atoms with Crippen molar-refractivity contribution in [2.75, 3.05) is 6.61 Å². The minimum atomic E-state index is -1.99. The topological polar surface area (TPSA) is 111 Å². The number of hydrogen-bond donors (Lipinski definition) is 2. The van der Waals surface area contributed by atoms with E-state index in [0.717, 1.165) is 0 Å². The third-order valence-electron chi connectivity index (χ3n) is 4.66. The summed E-state index contributed by atoms with van der Waals surface area (Å²) < 4.78 is 30.9. The molecular weight excluding hydrogens is 409 g/mol. The Morgan fingerprint density at radius 1 is 1.00 bits per heavy atom. The van der Waals surface area contributed by atoms with Crippen molar-refractivity contribution in [3.8, 4) is 0 Å². The lowest BCUT2D eigenvalue weighted by atomic mass is 9.97. The van der Waals surface area contributed by atoms with Crippen molar-refractivity contribution in [1.82, 2.24) is 5.32 Å². The zero-order chi connectivity index (χ0) is 22.4. The average Bonchev–Trinajstić information content (AvgIpc) is 2.78. The number of esters is 2. The van der Waals surface area contributed by atoms with Gasteiger partial charge in [-0.25, -0.2) is 14.0 Å². The second kappa shape index (κ2) is 10.1. The van der Waals surface area contributed by atoms with E-state index in [1.54, 1.807) is 36.4 Å². The largest absolute Gasteiger partial charge is 0.459 e. The zero-order valence-electron chi connectivity index (χ0n) is 16.6. The third-order valence-corrected chi connectivity index (χ3v) is 4.66. The number of rotatable bonds is 6. The number of alkyl halides is 1. The number of aliphatic hydroxyl groups excluding tert-OH is 1. The molecular formula is C22H22FNO7. The fourth-order valence-electron chi connectivity index (χ4n) is 3.15. The van der Waals surface area contributed by atoms with Gasteiger partial charge in [-0.1, -0.05) is 36.4 Å². The minimum Gasteiger partial charge on any atom is -0.459 e. The molecule has 9 heteroatoms. The molecule has 0 spiro atoms. The van der Waals surface area contributed by atoms with Crippen LogP contribution in [0.1, 0.15) is 27.6 Å². The highest BCUT2D eigenvalue weighted by atomic mass is 19.1. The van der Waals surface area contributed by atoms with Gasteiger partial charge in [-0.05, 0) is 24.3 Å². The number of hydrogen-bond acceptors (Lipinski definition) is 7. The van der Waals surface area contributed by atoms with Crippen molar-refractivity contribution in [1.29, 1.82) is 0 Å². The molecule has 1 aliphatic heterocycles. The van der Waals surface area contributed by atoms with Crippen LogP contribution in [0, 0.1) is 0 Å². The molecule has 0 radical (unpaired) electrons. The van der Waals surface area contributed by atoms with E-state index in [4.69, 9.17) is 14.2 Å². The number of halogens is 1. The molecule has 1 saturated heterocycles. The lowest BCUT2D eigenvalue weighted by molar-refractivity contribution is -0.240. The molecule has 0 aliphatic carbocycles. The van der Waals surface area contributed by atoms with Gasteiger partial charge in [0.15, 0.2) is 18.6 Å². The van der Waals surface area contributed by atoms with Crippen molar-refractivity contribution in [3.05, 3.63) is 71.8 Å². The molecule has 3 unspecified atom stereocenters. The summed E-state index contributed by atoms with van der Waals surface area (Å²) in [5, 5.41) is 12.6. The first kappa shape index (κ1) is 22.4. The fraction of sp³-hybridized carbons (Fsp3) is 0.318. The summed E-state index contributed by atoms with van der Waals surface area (Å²) in [5.41, 5.74) is 0.432. The fourth-order valence-corrected chi connectivity index (χ4v) is 3.15. The Morgan fingerprint density at radius 3 is 2.10 bits per heavy atom. The van der Waals surface area contributed by atoms with E-state index in [2.05, 4.69) is 5.32 Å². The molecule has 0 saturated carbocycles. The Morgan fingerprint density at radius 2 is 1.55 bits per heavy atom. The van der Waals surface area contributed by atoms with Gasteiger partial charge in [-0.3, -0.25) is 4.79 Å². The van der Waals surface area contributed by atoms with Gasteiger partial charge in [0.25, 0.3) is 0 Å². The van der Waals surface area contributed by atoms with Crippen molar-refractivity contribution in [2.24, 2.45) is 0 Å². The maximum Gasteiger partial charge on any atom is 0.338 e. The third kappa shape index (κ3) is 5.65. The highest BCUT2D eigenvalue weighted by molar-refractivity contribution is 5.90. The van der Waals surface area contributed by atoms with E-state index >= 15 is 4.39 Å². The van der Waals surface area contributed by atoms with Crippen LogP contribution in [0.5, 0.6) is 0 Å². The van der Waals surface area contributed by atoms with Gasteiger partial charge < -0.3 is 24.6 Å². The average molecular weight is 431 g/mol. The summed E-state index contributed by atoms with van der Waals surface area (Å²) >= 11 is 0. The number of benzene rings is 2. The zero-order valence-corrected chi connectivity index (χ0v) is 16.6. The molecule has 2 N–H and O–H groups in total. The van der Waals surface area contributed by atoms with E-state index in [9.17, 15) is 19.5 Å². The van der Waals surface area contributed by atoms with Crippen molar-refractivity contribution in [3.63, 3.8) is 0 Å². The number of carbonyl (C=O) groups is 3. The lowest BCUT2D eigenvalue weighted by Gasteiger charge is -2.41. The summed E-state index contributed by atoms with van der Waals surface area (Å²) in [7, 11) is 0. The van der Waals surface area contributed by atoms with E-state index in [1.165, 1.54) is 31.2 Å². The number of ether oxygens (including phenoxy) is 3.